The molecule has 0 radical (unpaired) electrons. The van der Waals surface area contributed by atoms with Crippen molar-refractivity contribution in [1.82, 2.24) is 5.32 Å². The van der Waals surface area contributed by atoms with Crippen molar-refractivity contribution in [1.29, 1.82) is 0 Å². The van der Waals surface area contributed by atoms with Gasteiger partial charge in [0.2, 0.25) is 0 Å². The van der Waals surface area contributed by atoms with E-state index in [9.17, 15) is 0 Å². The smallest absolute Gasteiger partial charge is 0.150 e. The molecular weight excluding hydrogens is 282 g/mol. The lowest BCUT2D eigenvalue weighted by Gasteiger charge is -2.13. The third-order valence-electron chi connectivity index (χ3n) is 3.38. The van der Waals surface area contributed by atoms with Gasteiger partial charge >= 0.3 is 0 Å². The number of rotatable bonds is 7. The van der Waals surface area contributed by atoms with Crippen LogP contribution in [-0.2, 0) is 13.0 Å². The van der Waals surface area contributed by atoms with Gasteiger partial charge in [0.05, 0.1) is 5.02 Å². The fraction of sp³-hybridized carbons (Fsp3) is 0.333. The van der Waals surface area contributed by atoms with E-state index in [2.05, 4.69) is 24.4 Å². The molecule has 112 valence electrons. The maximum atomic E-state index is 6.26. The Balaban J connectivity index is 2.14. The molecule has 0 aliphatic carbocycles. The lowest BCUT2D eigenvalue weighted by atomic mass is 10.1. The molecule has 2 aromatic rings. The van der Waals surface area contributed by atoms with E-state index in [0.717, 1.165) is 30.0 Å². The van der Waals surface area contributed by atoms with E-state index in [4.69, 9.17) is 16.3 Å². The van der Waals surface area contributed by atoms with Crippen LogP contribution < -0.4 is 10.1 Å². The molecule has 0 aliphatic heterocycles. The van der Waals surface area contributed by atoms with Gasteiger partial charge in [-0.2, -0.15) is 0 Å². The maximum absolute atomic E-state index is 6.26. The van der Waals surface area contributed by atoms with Gasteiger partial charge in [0.15, 0.2) is 0 Å². The predicted octanol–water partition coefficient (Wildman–Crippen LogP) is 5.19. The molecule has 0 aromatic heterocycles. The van der Waals surface area contributed by atoms with Crippen molar-refractivity contribution in [2.45, 2.75) is 32.7 Å². The number of aryl methyl sites for hydroxylation is 1. The highest BCUT2D eigenvalue weighted by Gasteiger charge is 2.09. The summed E-state index contributed by atoms with van der Waals surface area (Å²) in [7, 11) is 1.91. The second-order valence-corrected chi connectivity index (χ2v) is 5.52. The average molecular weight is 304 g/mol. The summed E-state index contributed by atoms with van der Waals surface area (Å²) in [6.45, 7) is 2.93. The first-order valence-corrected chi connectivity index (χ1v) is 7.81. The monoisotopic (exact) mass is 303 g/mol. The highest BCUT2D eigenvalue weighted by molar-refractivity contribution is 6.32. The van der Waals surface area contributed by atoms with Gasteiger partial charge in [0, 0.05) is 12.1 Å². The summed E-state index contributed by atoms with van der Waals surface area (Å²) in [5.74, 6) is 1.55. The molecule has 0 saturated carbocycles. The van der Waals surface area contributed by atoms with E-state index in [0.29, 0.717) is 5.02 Å². The zero-order valence-electron chi connectivity index (χ0n) is 12.7. The van der Waals surface area contributed by atoms with Crippen LogP contribution in [-0.4, -0.2) is 7.05 Å². The van der Waals surface area contributed by atoms with Crippen molar-refractivity contribution in [2.24, 2.45) is 0 Å². The van der Waals surface area contributed by atoms with Crippen molar-refractivity contribution < 1.29 is 4.74 Å². The number of halogens is 1. The SMILES string of the molecule is CCCCc1ccc(Oc2c(Cl)cccc2CNC)cc1. The van der Waals surface area contributed by atoms with Crippen molar-refractivity contribution in [3.05, 3.63) is 58.6 Å². The Labute approximate surface area is 132 Å². The Morgan fingerprint density at radius 2 is 1.86 bits per heavy atom. The van der Waals surface area contributed by atoms with Gasteiger partial charge in [-0.1, -0.05) is 49.2 Å². The first kappa shape index (κ1) is 15.9. The summed E-state index contributed by atoms with van der Waals surface area (Å²) in [4.78, 5) is 0. The molecule has 0 unspecified atom stereocenters. The molecule has 0 atom stereocenters. The van der Waals surface area contributed by atoms with Crippen LogP contribution in [0.5, 0.6) is 11.5 Å². The van der Waals surface area contributed by atoms with Crippen LogP contribution in [0, 0.1) is 0 Å². The van der Waals surface area contributed by atoms with Gasteiger partial charge in [-0.05, 0) is 43.7 Å². The largest absolute Gasteiger partial charge is 0.455 e. The Bertz CT molecular complexity index is 566. The first-order chi connectivity index (χ1) is 10.2. The Kier molecular flexibility index (Phi) is 6.09. The van der Waals surface area contributed by atoms with Gasteiger partial charge in [-0.3, -0.25) is 0 Å². The number of hydrogen-bond donors (Lipinski definition) is 1. The van der Waals surface area contributed by atoms with Gasteiger partial charge in [0.1, 0.15) is 11.5 Å². The van der Waals surface area contributed by atoms with E-state index in [1.54, 1.807) is 0 Å². The van der Waals surface area contributed by atoms with E-state index < -0.39 is 0 Å². The van der Waals surface area contributed by atoms with E-state index in [-0.39, 0.29) is 0 Å². The summed E-state index contributed by atoms with van der Waals surface area (Å²) in [6.07, 6.45) is 3.55. The van der Waals surface area contributed by atoms with E-state index >= 15 is 0 Å². The fourth-order valence-corrected chi connectivity index (χ4v) is 2.45. The molecule has 0 spiro atoms. The van der Waals surface area contributed by atoms with Crippen LogP contribution in [0.25, 0.3) is 0 Å². The Hall–Kier alpha value is -1.51. The Morgan fingerprint density at radius 3 is 2.52 bits per heavy atom. The minimum Gasteiger partial charge on any atom is -0.455 e. The van der Waals surface area contributed by atoms with Crippen molar-refractivity contribution in [2.75, 3.05) is 7.05 Å². The molecule has 0 saturated heterocycles. The van der Waals surface area contributed by atoms with Crippen LogP contribution in [0.15, 0.2) is 42.5 Å². The van der Waals surface area contributed by atoms with Crippen LogP contribution in [0.3, 0.4) is 0 Å². The Morgan fingerprint density at radius 1 is 1.10 bits per heavy atom. The predicted molar refractivity (Wildman–Crippen MR) is 89.3 cm³/mol. The van der Waals surface area contributed by atoms with Gasteiger partial charge in [-0.15, -0.1) is 0 Å². The van der Waals surface area contributed by atoms with Crippen LogP contribution >= 0.6 is 11.6 Å². The zero-order valence-corrected chi connectivity index (χ0v) is 13.4. The molecular formula is C18H22ClNO. The standard InChI is InChI=1S/C18H22ClNO/c1-3-4-6-14-9-11-16(12-10-14)21-18-15(13-20-2)7-5-8-17(18)19/h5,7-12,20H,3-4,6,13H2,1-2H3. The van der Waals surface area contributed by atoms with Crippen LogP contribution in [0.1, 0.15) is 30.9 Å². The number of ether oxygens (including phenoxy) is 1. The lowest BCUT2D eigenvalue weighted by Crippen LogP contribution is -2.06. The normalized spacial score (nSPS) is 10.6. The van der Waals surface area contributed by atoms with Crippen molar-refractivity contribution in [3.63, 3.8) is 0 Å². The number of nitrogens with one attached hydrogen (secondary N) is 1. The van der Waals surface area contributed by atoms with Gasteiger partial charge in [0.25, 0.3) is 0 Å². The zero-order chi connectivity index (χ0) is 15.1. The third kappa shape index (κ3) is 4.48. The third-order valence-corrected chi connectivity index (χ3v) is 3.68. The average Bonchev–Trinajstić information content (AvgIpc) is 2.50. The molecule has 0 bridgehead atoms. The second-order valence-electron chi connectivity index (χ2n) is 5.11. The summed E-state index contributed by atoms with van der Waals surface area (Å²) in [5.41, 5.74) is 2.40. The summed E-state index contributed by atoms with van der Waals surface area (Å²) >= 11 is 6.26. The molecule has 2 rings (SSSR count). The van der Waals surface area contributed by atoms with Gasteiger partial charge < -0.3 is 10.1 Å². The maximum Gasteiger partial charge on any atom is 0.150 e. The fourth-order valence-electron chi connectivity index (χ4n) is 2.22. The molecule has 21 heavy (non-hydrogen) atoms. The van der Waals surface area contributed by atoms with Crippen molar-refractivity contribution in [3.8, 4) is 11.5 Å². The quantitative estimate of drug-likeness (QED) is 0.759. The summed E-state index contributed by atoms with van der Waals surface area (Å²) in [6, 6.07) is 14.1. The number of hydrogen-bond acceptors (Lipinski definition) is 2. The lowest BCUT2D eigenvalue weighted by molar-refractivity contribution is 0.474. The topological polar surface area (TPSA) is 21.3 Å². The molecule has 0 fully saturated rings. The molecule has 1 N–H and O–H groups in total. The molecule has 0 aliphatic rings. The van der Waals surface area contributed by atoms with Gasteiger partial charge in [-0.25, -0.2) is 0 Å². The summed E-state index contributed by atoms with van der Waals surface area (Å²) < 4.78 is 5.98. The number of benzene rings is 2. The van der Waals surface area contributed by atoms with Crippen molar-refractivity contribution >= 4 is 11.6 Å². The highest BCUT2D eigenvalue weighted by Crippen LogP contribution is 2.33. The van der Waals surface area contributed by atoms with Crippen LogP contribution in [0.2, 0.25) is 5.02 Å². The van der Waals surface area contributed by atoms with E-state index in [1.165, 1.54) is 18.4 Å². The van der Waals surface area contributed by atoms with E-state index in [1.807, 2.05) is 37.4 Å². The summed E-state index contributed by atoms with van der Waals surface area (Å²) in [5, 5.41) is 3.77. The molecule has 0 amide bonds. The molecule has 2 nitrogen and oxygen atoms in total. The second kappa shape index (κ2) is 8.06. The molecule has 2 aromatic carbocycles. The molecule has 0 heterocycles. The minimum absolute atomic E-state index is 0.637. The number of unbranched alkanes of at least 4 members (excludes halogenated alkanes) is 1. The minimum atomic E-state index is 0.637. The molecule has 3 heteroatoms. The first-order valence-electron chi connectivity index (χ1n) is 7.43. The van der Waals surface area contributed by atoms with Crippen LogP contribution in [0.4, 0.5) is 0 Å². The number of para-hydroxylation sites is 1. The highest BCUT2D eigenvalue weighted by atomic mass is 35.5.